The Morgan fingerprint density at radius 3 is 2.75 bits per heavy atom. The first kappa shape index (κ1) is 17.2. The van der Waals surface area contributed by atoms with Gasteiger partial charge in [-0.25, -0.2) is 5.43 Å². The molecule has 0 radical (unpaired) electrons. The SMILES string of the molecule is COc1ccc(C=NNC(=O)c2ccc(Cl)c([N+](=O)[O-])c2)cc1O. The Labute approximate surface area is 141 Å². The van der Waals surface area contributed by atoms with Crippen LogP contribution in [0.3, 0.4) is 0 Å². The molecule has 9 heteroatoms. The molecule has 2 rings (SSSR count). The summed E-state index contributed by atoms with van der Waals surface area (Å²) in [5.74, 6) is -0.394. The number of methoxy groups -OCH3 is 1. The zero-order valence-electron chi connectivity index (χ0n) is 12.4. The third kappa shape index (κ3) is 3.99. The molecule has 0 saturated carbocycles. The Bertz CT molecular complexity index is 823. The number of rotatable bonds is 5. The van der Waals surface area contributed by atoms with E-state index in [-0.39, 0.29) is 22.0 Å². The van der Waals surface area contributed by atoms with E-state index in [4.69, 9.17) is 16.3 Å². The highest BCUT2D eigenvalue weighted by molar-refractivity contribution is 6.32. The van der Waals surface area contributed by atoms with Crippen molar-refractivity contribution in [3.8, 4) is 11.5 Å². The maximum Gasteiger partial charge on any atom is 0.288 e. The monoisotopic (exact) mass is 349 g/mol. The number of nitro benzene ring substituents is 1. The second-order valence-electron chi connectivity index (χ2n) is 4.55. The van der Waals surface area contributed by atoms with E-state index in [1.807, 2.05) is 0 Å². The number of carbonyl (C=O) groups is 1. The quantitative estimate of drug-likeness (QED) is 0.489. The molecule has 0 spiro atoms. The molecule has 0 aliphatic heterocycles. The maximum atomic E-state index is 11.9. The molecule has 0 aliphatic carbocycles. The summed E-state index contributed by atoms with van der Waals surface area (Å²) in [4.78, 5) is 22.1. The number of hydrazone groups is 1. The highest BCUT2D eigenvalue weighted by Gasteiger charge is 2.15. The van der Waals surface area contributed by atoms with E-state index in [1.165, 1.54) is 31.5 Å². The predicted molar refractivity (Wildman–Crippen MR) is 87.8 cm³/mol. The Kier molecular flexibility index (Phi) is 5.33. The highest BCUT2D eigenvalue weighted by Crippen LogP contribution is 2.26. The first-order chi connectivity index (χ1) is 11.4. The fourth-order valence-electron chi connectivity index (χ4n) is 1.81. The Hall–Kier alpha value is -3.13. The smallest absolute Gasteiger partial charge is 0.288 e. The van der Waals surface area contributed by atoms with Crippen LogP contribution in [0.1, 0.15) is 15.9 Å². The van der Waals surface area contributed by atoms with Gasteiger partial charge in [0.1, 0.15) is 5.02 Å². The van der Waals surface area contributed by atoms with Crippen LogP contribution in [-0.4, -0.2) is 29.3 Å². The van der Waals surface area contributed by atoms with E-state index in [0.29, 0.717) is 11.3 Å². The molecule has 2 N–H and O–H groups in total. The minimum Gasteiger partial charge on any atom is -0.504 e. The van der Waals surface area contributed by atoms with Gasteiger partial charge in [-0.1, -0.05) is 11.6 Å². The van der Waals surface area contributed by atoms with E-state index >= 15 is 0 Å². The number of phenolic OH excluding ortho intramolecular Hbond substituents is 1. The van der Waals surface area contributed by atoms with Crippen molar-refractivity contribution in [3.05, 3.63) is 62.7 Å². The van der Waals surface area contributed by atoms with E-state index in [0.717, 1.165) is 6.07 Å². The minimum absolute atomic E-state index is 0.0424. The van der Waals surface area contributed by atoms with Gasteiger partial charge >= 0.3 is 0 Å². The van der Waals surface area contributed by atoms with Crippen molar-refractivity contribution in [2.45, 2.75) is 0 Å². The lowest BCUT2D eigenvalue weighted by molar-refractivity contribution is -0.384. The summed E-state index contributed by atoms with van der Waals surface area (Å²) in [6.45, 7) is 0. The van der Waals surface area contributed by atoms with Crippen LogP contribution in [0.15, 0.2) is 41.5 Å². The first-order valence-electron chi connectivity index (χ1n) is 6.56. The molecular weight excluding hydrogens is 338 g/mol. The molecule has 2 aromatic rings. The van der Waals surface area contributed by atoms with Crippen molar-refractivity contribution in [1.29, 1.82) is 0 Å². The number of nitrogens with zero attached hydrogens (tertiary/aromatic N) is 2. The normalized spacial score (nSPS) is 10.6. The number of hydrogen-bond donors (Lipinski definition) is 2. The third-order valence-corrected chi connectivity index (χ3v) is 3.31. The van der Waals surface area contributed by atoms with Crippen molar-refractivity contribution < 1.29 is 19.6 Å². The first-order valence-corrected chi connectivity index (χ1v) is 6.94. The summed E-state index contributed by atoms with van der Waals surface area (Å²) in [5, 5.41) is 24.1. The van der Waals surface area contributed by atoms with E-state index in [2.05, 4.69) is 10.5 Å². The molecule has 0 unspecified atom stereocenters. The van der Waals surface area contributed by atoms with Gasteiger partial charge in [0.2, 0.25) is 0 Å². The van der Waals surface area contributed by atoms with Crippen molar-refractivity contribution in [3.63, 3.8) is 0 Å². The van der Waals surface area contributed by atoms with Gasteiger partial charge in [0, 0.05) is 11.6 Å². The molecule has 8 nitrogen and oxygen atoms in total. The van der Waals surface area contributed by atoms with Crippen molar-refractivity contribution >= 4 is 29.4 Å². The number of phenols is 1. The summed E-state index contributed by atoms with van der Waals surface area (Å²) in [7, 11) is 1.42. The molecule has 2 aromatic carbocycles. The van der Waals surface area contributed by atoms with E-state index < -0.39 is 10.8 Å². The predicted octanol–water partition coefficient (Wildman–Crippen LogP) is 2.73. The zero-order valence-corrected chi connectivity index (χ0v) is 13.1. The second-order valence-corrected chi connectivity index (χ2v) is 4.96. The molecule has 0 saturated heterocycles. The summed E-state index contributed by atoms with van der Waals surface area (Å²) >= 11 is 5.68. The van der Waals surface area contributed by atoms with Crippen LogP contribution in [0.2, 0.25) is 5.02 Å². The number of halogens is 1. The van der Waals surface area contributed by atoms with Crippen LogP contribution >= 0.6 is 11.6 Å². The van der Waals surface area contributed by atoms with Crippen LogP contribution < -0.4 is 10.2 Å². The van der Waals surface area contributed by atoms with Gasteiger partial charge in [0.05, 0.1) is 18.2 Å². The fraction of sp³-hybridized carbons (Fsp3) is 0.0667. The molecule has 0 bridgehead atoms. The number of carbonyl (C=O) groups excluding carboxylic acids is 1. The topological polar surface area (TPSA) is 114 Å². The van der Waals surface area contributed by atoms with Crippen LogP contribution in [0, 0.1) is 10.1 Å². The van der Waals surface area contributed by atoms with Gasteiger partial charge in [-0.05, 0) is 35.9 Å². The van der Waals surface area contributed by atoms with Crippen LogP contribution in [0.25, 0.3) is 0 Å². The average Bonchev–Trinajstić information content (AvgIpc) is 2.55. The maximum absolute atomic E-state index is 11.9. The van der Waals surface area contributed by atoms with Crippen LogP contribution in [0.4, 0.5) is 5.69 Å². The number of ether oxygens (including phenoxy) is 1. The molecule has 0 atom stereocenters. The number of aromatic hydroxyl groups is 1. The molecular formula is C15H12ClN3O5. The fourth-order valence-corrected chi connectivity index (χ4v) is 2.00. The molecule has 1 amide bonds. The average molecular weight is 350 g/mol. The van der Waals surface area contributed by atoms with Crippen LogP contribution in [-0.2, 0) is 0 Å². The highest BCUT2D eigenvalue weighted by atomic mass is 35.5. The summed E-state index contributed by atoms with van der Waals surface area (Å²) in [6.07, 6.45) is 1.31. The molecule has 0 aliphatic rings. The van der Waals surface area contributed by atoms with Gasteiger partial charge in [-0.3, -0.25) is 14.9 Å². The number of nitrogens with one attached hydrogen (secondary N) is 1. The number of amides is 1. The van der Waals surface area contributed by atoms with Gasteiger partial charge in [-0.15, -0.1) is 0 Å². The standard InChI is InChI=1S/C15H12ClN3O5/c1-24-14-5-2-9(6-13(14)20)8-17-18-15(21)10-3-4-11(16)12(7-10)19(22)23/h2-8,20H,1H3,(H,18,21). The number of benzene rings is 2. The second kappa shape index (κ2) is 7.42. The Morgan fingerprint density at radius 2 is 2.12 bits per heavy atom. The third-order valence-electron chi connectivity index (χ3n) is 2.99. The summed E-state index contributed by atoms with van der Waals surface area (Å²) < 4.78 is 4.91. The van der Waals surface area contributed by atoms with Gasteiger partial charge in [0.15, 0.2) is 11.5 Å². The number of hydrogen-bond acceptors (Lipinski definition) is 6. The molecule has 24 heavy (non-hydrogen) atoms. The summed E-state index contributed by atoms with van der Waals surface area (Å²) in [6, 6.07) is 8.25. The Balaban J connectivity index is 2.09. The van der Waals surface area contributed by atoms with Crippen molar-refractivity contribution in [2.75, 3.05) is 7.11 Å². The molecule has 0 fully saturated rings. The van der Waals surface area contributed by atoms with Gasteiger partial charge in [0.25, 0.3) is 11.6 Å². The largest absolute Gasteiger partial charge is 0.504 e. The lowest BCUT2D eigenvalue weighted by Crippen LogP contribution is -2.17. The summed E-state index contributed by atoms with van der Waals surface area (Å²) in [5.41, 5.74) is 2.43. The molecule has 0 aromatic heterocycles. The minimum atomic E-state index is -0.678. The van der Waals surface area contributed by atoms with Crippen molar-refractivity contribution in [1.82, 2.24) is 5.43 Å². The number of nitro groups is 1. The Morgan fingerprint density at radius 1 is 1.38 bits per heavy atom. The molecule has 124 valence electrons. The lowest BCUT2D eigenvalue weighted by atomic mass is 10.2. The lowest BCUT2D eigenvalue weighted by Gasteiger charge is -2.03. The van der Waals surface area contributed by atoms with E-state index in [1.54, 1.807) is 12.1 Å². The van der Waals surface area contributed by atoms with Gasteiger partial charge < -0.3 is 9.84 Å². The van der Waals surface area contributed by atoms with Crippen LogP contribution in [0.5, 0.6) is 11.5 Å². The molecule has 0 heterocycles. The van der Waals surface area contributed by atoms with Gasteiger partial charge in [-0.2, -0.15) is 5.10 Å². The van der Waals surface area contributed by atoms with Crippen molar-refractivity contribution in [2.24, 2.45) is 5.10 Å². The zero-order chi connectivity index (χ0) is 17.7. The van der Waals surface area contributed by atoms with E-state index in [9.17, 15) is 20.0 Å².